The van der Waals surface area contributed by atoms with E-state index in [0.717, 1.165) is 0 Å². The van der Waals surface area contributed by atoms with Crippen LogP contribution in [0.15, 0.2) is 17.1 Å². The van der Waals surface area contributed by atoms with Crippen LogP contribution in [0.3, 0.4) is 0 Å². The molecule has 1 N–H and O–H groups in total. The van der Waals surface area contributed by atoms with Crippen LogP contribution in [-0.2, 0) is 21.1 Å². The van der Waals surface area contributed by atoms with E-state index in [2.05, 4.69) is 17.1 Å². The van der Waals surface area contributed by atoms with Gasteiger partial charge in [-0.05, 0) is 0 Å². The summed E-state index contributed by atoms with van der Waals surface area (Å²) >= 11 is 0. The van der Waals surface area contributed by atoms with E-state index in [0.29, 0.717) is 5.56 Å². The SMILES string of the molecule is C[C-]=Cc1[c-]cc[nH]c1=O.[W+2]. The molecule has 0 spiro atoms. The van der Waals surface area contributed by atoms with Gasteiger partial charge in [-0.2, -0.15) is 0 Å². The van der Waals surface area contributed by atoms with E-state index >= 15 is 0 Å². The normalized spacial score (nSPS) is 9.55. The van der Waals surface area contributed by atoms with Crippen molar-refractivity contribution in [1.82, 2.24) is 4.98 Å². The van der Waals surface area contributed by atoms with Crippen LogP contribution in [0.1, 0.15) is 12.5 Å². The molecule has 0 amide bonds. The molecule has 0 aliphatic rings. The maximum atomic E-state index is 10.9. The first-order valence-electron chi connectivity index (χ1n) is 2.94. The van der Waals surface area contributed by atoms with Gasteiger partial charge >= 0.3 is 21.1 Å². The molecule has 11 heavy (non-hydrogen) atoms. The molecule has 0 aromatic carbocycles. The van der Waals surface area contributed by atoms with Gasteiger partial charge < -0.3 is 21.9 Å². The molecule has 0 aliphatic heterocycles. The zero-order valence-corrected chi connectivity index (χ0v) is 8.98. The van der Waals surface area contributed by atoms with Crippen molar-refractivity contribution in [2.75, 3.05) is 0 Å². The van der Waals surface area contributed by atoms with E-state index in [1.54, 1.807) is 25.3 Å². The summed E-state index contributed by atoms with van der Waals surface area (Å²) in [4.78, 5) is 13.4. The van der Waals surface area contributed by atoms with Crippen molar-refractivity contribution in [1.29, 1.82) is 0 Å². The van der Waals surface area contributed by atoms with Gasteiger partial charge in [-0.1, -0.05) is 6.20 Å². The van der Waals surface area contributed by atoms with Crippen molar-refractivity contribution in [3.05, 3.63) is 40.3 Å². The van der Waals surface area contributed by atoms with E-state index in [1.807, 2.05) is 0 Å². The number of nitrogens with one attached hydrogen (secondary N) is 1. The summed E-state index contributed by atoms with van der Waals surface area (Å²) in [7, 11) is 0. The van der Waals surface area contributed by atoms with Gasteiger partial charge in [0.1, 0.15) is 0 Å². The number of hydrogen-bond donors (Lipinski definition) is 1. The zero-order valence-electron chi connectivity index (χ0n) is 6.05. The third-order valence-electron chi connectivity index (χ3n) is 1.07. The van der Waals surface area contributed by atoms with Gasteiger partial charge in [0.15, 0.2) is 0 Å². The quantitative estimate of drug-likeness (QED) is 0.771. The zero-order chi connectivity index (χ0) is 7.40. The molecule has 0 fully saturated rings. The Morgan fingerprint density at radius 1 is 1.73 bits per heavy atom. The number of H-pyrrole nitrogens is 1. The first kappa shape index (κ1) is 10.4. The molecule has 0 saturated heterocycles. The molecule has 0 bridgehead atoms. The summed E-state index contributed by atoms with van der Waals surface area (Å²) in [5, 5.41) is 0. The van der Waals surface area contributed by atoms with E-state index in [1.165, 1.54) is 0 Å². The molecule has 1 heterocycles. The topological polar surface area (TPSA) is 32.9 Å². The van der Waals surface area contributed by atoms with Gasteiger partial charge in [0.05, 0.1) is 5.56 Å². The van der Waals surface area contributed by atoms with Crippen LogP contribution in [0.25, 0.3) is 6.08 Å². The first-order valence-corrected chi connectivity index (χ1v) is 2.94. The summed E-state index contributed by atoms with van der Waals surface area (Å²) in [6.07, 6.45) is 5.90. The van der Waals surface area contributed by atoms with Crippen LogP contribution in [-0.4, -0.2) is 4.98 Å². The minimum absolute atomic E-state index is 0. The Morgan fingerprint density at radius 2 is 2.45 bits per heavy atom. The maximum absolute atomic E-state index is 10.9. The molecular formula is C8H7NOW. The standard InChI is InChI=1S/C8H7NO.W/c1-2-4-7-5-3-6-9-8(7)10;/h3-4,6H,1H3,(H,9,10);/q-2;+2. The molecule has 0 unspecified atom stereocenters. The van der Waals surface area contributed by atoms with Crippen molar-refractivity contribution in [3.8, 4) is 0 Å². The van der Waals surface area contributed by atoms with Crippen molar-refractivity contribution in [2.45, 2.75) is 6.92 Å². The molecule has 56 valence electrons. The summed E-state index contributed by atoms with van der Waals surface area (Å²) in [5.74, 6) is 0. The van der Waals surface area contributed by atoms with Gasteiger partial charge in [0, 0.05) is 0 Å². The Kier molecular flexibility index (Phi) is 4.80. The fraction of sp³-hybridized carbons (Fsp3) is 0.125. The Hall–Kier alpha value is -0.622. The van der Waals surface area contributed by atoms with Gasteiger partial charge in [0.25, 0.3) is 0 Å². The summed E-state index contributed by atoms with van der Waals surface area (Å²) in [6.45, 7) is 1.74. The molecule has 2 nitrogen and oxygen atoms in total. The van der Waals surface area contributed by atoms with Crippen LogP contribution >= 0.6 is 0 Å². The molecule has 1 aromatic rings. The number of rotatable bonds is 1. The second-order valence-corrected chi connectivity index (χ2v) is 1.80. The van der Waals surface area contributed by atoms with E-state index in [9.17, 15) is 4.79 Å². The summed E-state index contributed by atoms with van der Waals surface area (Å²) in [6, 6.07) is 4.43. The van der Waals surface area contributed by atoms with Gasteiger partial charge in [-0.25, -0.2) is 11.6 Å². The first-order chi connectivity index (χ1) is 4.84. The minimum Gasteiger partial charge on any atom is -0.423 e. The number of aromatic amines is 1. The second kappa shape index (κ2) is 5.08. The third-order valence-corrected chi connectivity index (χ3v) is 1.07. The van der Waals surface area contributed by atoms with Gasteiger partial charge in [-0.3, -0.25) is 0 Å². The predicted octanol–water partition coefficient (Wildman–Crippen LogP) is 1.01. The fourth-order valence-corrected chi connectivity index (χ4v) is 0.644. The third kappa shape index (κ3) is 2.85. The van der Waals surface area contributed by atoms with Gasteiger partial charge in [0.2, 0.25) is 0 Å². The largest absolute Gasteiger partial charge is 2.00 e. The van der Waals surface area contributed by atoms with Crippen molar-refractivity contribution < 1.29 is 21.1 Å². The predicted molar refractivity (Wildman–Crippen MR) is 39.3 cm³/mol. The number of pyridine rings is 1. The Balaban J connectivity index is 0.000001000. The van der Waals surface area contributed by atoms with Crippen LogP contribution in [0.2, 0.25) is 0 Å². The summed E-state index contributed by atoms with van der Waals surface area (Å²) in [5.41, 5.74) is 0.391. The summed E-state index contributed by atoms with van der Waals surface area (Å²) < 4.78 is 0. The molecule has 1 rings (SSSR count). The number of aromatic nitrogens is 1. The second-order valence-electron chi connectivity index (χ2n) is 1.80. The molecule has 1 aromatic heterocycles. The molecule has 0 aliphatic carbocycles. The van der Waals surface area contributed by atoms with Crippen LogP contribution < -0.4 is 5.56 Å². The van der Waals surface area contributed by atoms with E-state index in [-0.39, 0.29) is 26.6 Å². The van der Waals surface area contributed by atoms with Crippen molar-refractivity contribution in [3.63, 3.8) is 0 Å². The smallest absolute Gasteiger partial charge is 0.423 e. The number of hydrogen-bond acceptors (Lipinski definition) is 1. The molecule has 0 atom stereocenters. The average molecular weight is 317 g/mol. The Labute approximate surface area is 79.6 Å². The van der Waals surface area contributed by atoms with Crippen molar-refractivity contribution >= 4 is 6.08 Å². The van der Waals surface area contributed by atoms with Gasteiger partial charge in [-0.15, -0.1) is 13.0 Å². The number of allylic oxidation sites excluding steroid dienone is 1. The molecule has 3 heteroatoms. The Morgan fingerprint density at radius 3 is 3.00 bits per heavy atom. The molecule has 0 saturated carbocycles. The van der Waals surface area contributed by atoms with Crippen LogP contribution in [0.4, 0.5) is 0 Å². The molecular weight excluding hydrogens is 310 g/mol. The molecule has 0 radical (unpaired) electrons. The average Bonchev–Trinajstić information content (AvgIpc) is 1.94. The van der Waals surface area contributed by atoms with E-state index < -0.39 is 0 Å². The van der Waals surface area contributed by atoms with Crippen LogP contribution in [0, 0.1) is 12.1 Å². The fourth-order valence-electron chi connectivity index (χ4n) is 0.644. The maximum Gasteiger partial charge on any atom is 2.00 e. The van der Waals surface area contributed by atoms with Crippen molar-refractivity contribution in [2.24, 2.45) is 0 Å². The van der Waals surface area contributed by atoms with E-state index in [4.69, 9.17) is 0 Å². The minimum atomic E-state index is -0.128. The Bertz CT molecular complexity index is 290. The monoisotopic (exact) mass is 317 g/mol. The van der Waals surface area contributed by atoms with Crippen LogP contribution in [0.5, 0.6) is 0 Å².